The SMILES string of the molecule is O=C(C1CCC1)N1CC(O)C(Cc2ccnc3ccccc23)C1. The van der Waals surface area contributed by atoms with Crippen molar-refractivity contribution in [3.8, 4) is 0 Å². The number of nitrogens with zero attached hydrogens (tertiary/aromatic N) is 2. The molecule has 1 aromatic carbocycles. The van der Waals surface area contributed by atoms with E-state index in [1.165, 1.54) is 12.0 Å². The molecule has 0 spiro atoms. The van der Waals surface area contributed by atoms with Gasteiger partial charge in [0, 0.05) is 36.5 Å². The van der Waals surface area contributed by atoms with Crippen molar-refractivity contribution in [1.29, 1.82) is 0 Å². The third-order valence-electron chi connectivity index (χ3n) is 5.39. The van der Waals surface area contributed by atoms with Gasteiger partial charge < -0.3 is 10.0 Å². The van der Waals surface area contributed by atoms with Gasteiger partial charge in [-0.05, 0) is 37.0 Å². The molecule has 1 saturated carbocycles. The average molecular weight is 310 g/mol. The number of aliphatic hydroxyl groups excluding tert-OH is 1. The highest BCUT2D eigenvalue weighted by Gasteiger charge is 2.38. The number of rotatable bonds is 3. The van der Waals surface area contributed by atoms with Crippen LogP contribution in [-0.2, 0) is 11.2 Å². The molecular weight excluding hydrogens is 288 g/mol. The smallest absolute Gasteiger partial charge is 0.225 e. The zero-order chi connectivity index (χ0) is 15.8. The summed E-state index contributed by atoms with van der Waals surface area (Å²) in [6, 6.07) is 10.1. The monoisotopic (exact) mass is 310 g/mol. The summed E-state index contributed by atoms with van der Waals surface area (Å²) in [5.74, 6) is 0.574. The topological polar surface area (TPSA) is 53.4 Å². The minimum Gasteiger partial charge on any atom is -0.391 e. The van der Waals surface area contributed by atoms with Gasteiger partial charge in [-0.25, -0.2) is 0 Å². The van der Waals surface area contributed by atoms with Gasteiger partial charge in [0.2, 0.25) is 5.91 Å². The summed E-state index contributed by atoms with van der Waals surface area (Å²) in [6.45, 7) is 1.16. The molecule has 1 amide bonds. The fourth-order valence-corrected chi connectivity index (χ4v) is 3.76. The van der Waals surface area contributed by atoms with E-state index in [-0.39, 0.29) is 17.7 Å². The maximum atomic E-state index is 12.4. The Balaban J connectivity index is 1.51. The summed E-state index contributed by atoms with van der Waals surface area (Å²) in [7, 11) is 0. The van der Waals surface area contributed by atoms with Crippen LogP contribution in [0.5, 0.6) is 0 Å². The van der Waals surface area contributed by atoms with Gasteiger partial charge in [-0.3, -0.25) is 9.78 Å². The van der Waals surface area contributed by atoms with Crippen LogP contribution >= 0.6 is 0 Å². The normalized spacial score (nSPS) is 24.8. The van der Waals surface area contributed by atoms with E-state index in [1.807, 2.05) is 35.4 Å². The van der Waals surface area contributed by atoms with Crippen molar-refractivity contribution in [2.24, 2.45) is 11.8 Å². The Morgan fingerprint density at radius 1 is 1.22 bits per heavy atom. The van der Waals surface area contributed by atoms with Gasteiger partial charge in [-0.15, -0.1) is 0 Å². The quantitative estimate of drug-likeness (QED) is 0.947. The molecule has 1 aromatic heterocycles. The predicted molar refractivity (Wildman–Crippen MR) is 88.9 cm³/mol. The first-order valence-corrected chi connectivity index (χ1v) is 8.52. The van der Waals surface area contributed by atoms with Crippen LogP contribution in [0.15, 0.2) is 36.5 Å². The largest absolute Gasteiger partial charge is 0.391 e. The Kier molecular flexibility index (Phi) is 3.77. The minimum atomic E-state index is -0.425. The van der Waals surface area contributed by atoms with Crippen LogP contribution in [0.1, 0.15) is 24.8 Å². The molecule has 23 heavy (non-hydrogen) atoms. The van der Waals surface area contributed by atoms with Gasteiger partial charge >= 0.3 is 0 Å². The molecule has 2 aromatic rings. The summed E-state index contributed by atoms with van der Waals surface area (Å²) in [6.07, 6.45) is 5.40. The lowest BCUT2D eigenvalue weighted by atomic mass is 9.84. The number of hydrogen-bond acceptors (Lipinski definition) is 3. The van der Waals surface area contributed by atoms with Crippen molar-refractivity contribution in [3.63, 3.8) is 0 Å². The number of carbonyl (C=O) groups excluding carboxylic acids is 1. The Morgan fingerprint density at radius 2 is 2.04 bits per heavy atom. The summed E-state index contributed by atoms with van der Waals surface area (Å²) in [5.41, 5.74) is 2.19. The molecule has 0 bridgehead atoms. The van der Waals surface area contributed by atoms with Gasteiger partial charge in [-0.2, -0.15) is 0 Å². The van der Waals surface area contributed by atoms with Crippen molar-refractivity contribution in [3.05, 3.63) is 42.1 Å². The van der Waals surface area contributed by atoms with E-state index in [2.05, 4.69) is 11.1 Å². The maximum Gasteiger partial charge on any atom is 0.225 e. The van der Waals surface area contributed by atoms with E-state index in [0.717, 1.165) is 30.2 Å². The van der Waals surface area contributed by atoms with Crippen molar-refractivity contribution in [2.75, 3.05) is 13.1 Å². The fourth-order valence-electron chi connectivity index (χ4n) is 3.76. The number of hydrogen-bond donors (Lipinski definition) is 1. The van der Waals surface area contributed by atoms with Crippen LogP contribution in [0, 0.1) is 11.8 Å². The van der Waals surface area contributed by atoms with Crippen molar-refractivity contribution in [2.45, 2.75) is 31.8 Å². The van der Waals surface area contributed by atoms with Crippen LogP contribution in [0.25, 0.3) is 10.9 Å². The van der Waals surface area contributed by atoms with Crippen LogP contribution in [0.2, 0.25) is 0 Å². The second-order valence-corrected chi connectivity index (χ2v) is 6.89. The number of carbonyl (C=O) groups is 1. The standard InChI is InChI=1S/C19H22N2O2/c22-18-12-21(19(23)13-4-3-5-13)11-15(18)10-14-8-9-20-17-7-2-1-6-16(14)17/h1-2,6-9,13,15,18,22H,3-5,10-12H2. The van der Waals surface area contributed by atoms with Crippen LogP contribution in [-0.4, -0.2) is 40.1 Å². The third kappa shape index (κ3) is 2.72. The van der Waals surface area contributed by atoms with Crippen molar-refractivity contribution < 1.29 is 9.90 Å². The Morgan fingerprint density at radius 3 is 2.83 bits per heavy atom. The van der Waals surface area contributed by atoms with E-state index in [4.69, 9.17) is 0 Å². The van der Waals surface area contributed by atoms with Crippen molar-refractivity contribution in [1.82, 2.24) is 9.88 Å². The zero-order valence-electron chi connectivity index (χ0n) is 13.2. The number of β-amino-alcohol motifs (C(OH)–C–C–N with tert-alkyl or cyclic N) is 1. The minimum absolute atomic E-state index is 0.116. The first-order chi connectivity index (χ1) is 11.2. The number of amides is 1. The van der Waals surface area contributed by atoms with Crippen LogP contribution < -0.4 is 0 Å². The van der Waals surface area contributed by atoms with E-state index in [9.17, 15) is 9.90 Å². The highest BCUT2D eigenvalue weighted by molar-refractivity contribution is 5.82. The zero-order valence-corrected chi connectivity index (χ0v) is 13.2. The first kappa shape index (κ1) is 14.6. The molecule has 0 radical (unpaired) electrons. The molecule has 2 atom stereocenters. The van der Waals surface area contributed by atoms with Gasteiger partial charge in [0.25, 0.3) is 0 Å². The Labute approximate surface area is 136 Å². The molecule has 1 N–H and O–H groups in total. The second kappa shape index (κ2) is 5.93. The third-order valence-corrected chi connectivity index (χ3v) is 5.39. The predicted octanol–water partition coefficient (Wildman–Crippen LogP) is 2.40. The summed E-state index contributed by atoms with van der Waals surface area (Å²) >= 11 is 0. The molecule has 2 unspecified atom stereocenters. The van der Waals surface area contributed by atoms with Gasteiger partial charge in [-0.1, -0.05) is 24.6 Å². The number of para-hydroxylation sites is 1. The van der Waals surface area contributed by atoms with E-state index < -0.39 is 6.10 Å². The van der Waals surface area contributed by atoms with Gasteiger partial charge in [0.05, 0.1) is 11.6 Å². The second-order valence-electron chi connectivity index (χ2n) is 6.89. The van der Waals surface area contributed by atoms with Crippen LogP contribution in [0.4, 0.5) is 0 Å². The molecule has 1 aliphatic carbocycles. The molecule has 2 aliphatic rings. The Bertz CT molecular complexity index is 721. The summed E-state index contributed by atoms with van der Waals surface area (Å²) < 4.78 is 0. The lowest BCUT2D eigenvalue weighted by Gasteiger charge is -2.29. The Hall–Kier alpha value is -1.94. The molecule has 120 valence electrons. The molecule has 1 aliphatic heterocycles. The van der Waals surface area contributed by atoms with Gasteiger partial charge in [0.15, 0.2) is 0 Å². The lowest BCUT2D eigenvalue weighted by Crippen LogP contribution is -2.37. The highest BCUT2D eigenvalue weighted by atomic mass is 16.3. The molecule has 2 heterocycles. The maximum absolute atomic E-state index is 12.4. The van der Waals surface area contributed by atoms with Gasteiger partial charge in [0.1, 0.15) is 0 Å². The molecule has 2 fully saturated rings. The fraction of sp³-hybridized carbons (Fsp3) is 0.474. The molecule has 4 rings (SSSR count). The number of likely N-dealkylation sites (tertiary alicyclic amines) is 1. The van der Waals surface area contributed by atoms with E-state index in [0.29, 0.717) is 13.1 Å². The molecule has 4 heteroatoms. The summed E-state index contributed by atoms with van der Waals surface area (Å²) in [5, 5.41) is 11.5. The summed E-state index contributed by atoms with van der Waals surface area (Å²) in [4.78, 5) is 18.7. The number of benzene rings is 1. The lowest BCUT2D eigenvalue weighted by molar-refractivity contribution is -0.137. The van der Waals surface area contributed by atoms with E-state index in [1.54, 1.807) is 0 Å². The molecule has 4 nitrogen and oxygen atoms in total. The van der Waals surface area contributed by atoms with Crippen molar-refractivity contribution >= 4 is 16.8 Å². The highest BCUT2D eigenvalue weighted by Crippen LogP contribution is 2.31. The molecule has 1 saturated heterocycles. The first-order valence-electron chi connectivity index (χ1n) is 8.52. The number of fused-ring (bicyclic) bond motifs is 1. The number of pyridine rings is 1. The number of aromatic nitrogens is 1. The van der Waals surface area contributed by atoms with E-state index >= 15 is 0 Å². The van der Waals surface area contributed by atoms with Crippen LogP contribution in [0.3, 0.4) is 0 Å². The molecular formula is C19H22N2O2. The number of aliphatic hydroxyl groups is 1. The average Bonchev–Trinajstić information content (AvgIpc) is 2.87.